The standard InChI is InChI=1S/C14H28N2O/c1-11-9-16(10-12(2)17-11)14-7-5-3-4-6-13(14)8-15/h11-14H,3-10,15H2,1-2H3. The van der Waals surface area contributed by atoms with Crippen LogP contribution >= 0.6 is 0 Å². The van der Waals surface area contributed by atoms with Gasteiger partial charge in [-0.3, -0.25) is 4.90 Å². The molecular formula is C14H28N2O. The monoisotopic (exact) mass is 240 g/mol. The molecule has 0 bridgehead atoms. The van der Waals surface area contributed by atoms with Crippen molar-refractivity contribution in [2.75, 3.05) is 19.6 Å². The van der Waals surface area contributed by atoms with Gasteiger partial charge >= 0.3 is 0 Å². The number of morpholine rings is 1. The van der Waals surface area contributed by atoms with E-state index < -0.39 is 0 Å². The Labute approximate surface area is 106 Å². The van der Waals surface area contributed by atoms with E-state index in [0.717, 1.165) is 19.6 Å². The molecular weight excluding hydrogens is 212 g/mol. The molecule has 2 aliphatic rings. The Kier molecular flexibility index (Phi) is 4.83. The van der Waals surface area contributed by atoms with Gasteiger partial charge in [-0.05, 0) is 39.2 Å². The summed E-state index contributed by atoms with van der Waals surface area (Å²) in [6, 6.07) is 0.705. The highest BCUT2D eigenvalue weighted by Gasteiger charge is 2.32. The lowest BCUT2D eigenvalue weighted by Crippen LogP contribution is -2.53. The third-order valence-electron chi connectivity index (χ3n) is 4.34. The molecule has 2 fully saturated rings. The number of hydrogen-bond acceptors (Lipinski definition) is 3. The zero-order chi connectivity index (χ0) is 12.3. The molecule has 1 aliphatic heterocycles. The third-order valence-corrected chi connectivity index (χ3v) is 4.34. The van der Waals surface area contributed by atoms with Gasteiger partial charge in [0.05, 0.1) is 12.2 Å². The number of nitrogens with two attached hydrogens (primary N) is 1. The number of ether oxygens (including phenoxy) is 1. The molecule has 1 heterocycles. The first kappa shape index (κ1) is 13.3. The highest BCUT2D eigenvalue weighted by molar-refractivity contribution is 4.86. The lowest BCUT2D eigenvalue weighted by molar-refractivity contribution is -0.0874. The Balaban J connectivity index is 2.01. The maximum atomic E-state index is 5.98. The molecule has 3 heteroatoms. The van der Waals surface area contributed by atoms with E-state index >= 15 is 0 Å². The van der Waals surface area contributed by atoms with Crippen molar-refractivity contribution in [1.29, 1.82) is 0 Å². The van der Waals surface area contributed by atoms with Gasteiger partial charge in [0.2, 0.25) is 0 Å². The van der Waals surface area contributed by atoms with Gasteiger partial charge in [0.15, 0.2) is 0 Å². The van der Waals surface area contributed by atoms with Crippen molar-refractivity contribution < 1.29 is 4.74 Å². The molecule has 1 aliphatic carbocycles. The number of hydrogen-bond donors (Lipinski definition) is 1. The van der Waals surface area contributed by atoms with Crippen molar-refractivity contribution in [2.24, 2.45) is 11.7 Å². The van der Waals surface area contributed by atoms with Crippen LogP contribution in [0.15, 0.2) is 0 Å². The van der Waals surface area contributed by atoms with Crippen LogP contribution in [0.2, 0.25) is 0 Å². The molecule has 0 spiro atoms. The van der Waals surface area contributed by atoms with Crippen molar-refractivity contribution in [2.45, 2.75) is 64.2 Å². The maximum absolute atomic E-state index is 5.98. The molecule has 100 valence electrons. The summed E-state index contributed by atoms with van der Waals surface area (Å²) in [7, 11) is 0. The summed E-state index contributed by atoms with van der Waals surface area (Å²) in [6.07, 6.45) is 7.54. The summed E-state index contributed by atoms with van der Waals surface area (Å²) < 4.78 is 5.83. The van der Waals surface area contributed by atoms with Crippen LogP contribution < -0.4 is 5.73 Å². The summed E-state index contributed by atoms with van der Waals surface area (Å²) in [5.74, 6) is 0.704. The average molecular weight is 240 g/mol. The van der Waals surface area contributed by atoms with E-state index in [-0.39, 0.29) is 0 Å². The minimum Gasteiger partial charge on any atom is -0.373 e. The lowest BCUT2D eigenvalue weighted by Gasteiger charge is -2.42. The fourth-order valence-corrected chi connectivity index (χ4v) is 3.61. The van der Waals surface area contributed by atoms with E-state index in [4.69, 9.17) is 10.5 Å². The molecule has 4 atom stereocenters. The molecule has 17 heavy (non-hydrogen) atoms. The fourth-order valence-electron chi connectivity index (χ4n) is 3.61. The van der Waals surface area contributed by atoms with E-state index in [1.807, 2.05) is 0 Å². The Morgan fingerprint density at radius 2 is 1.71 bits per heavy atom. The summed E-state index contributed by atoms with van der Waals surface area (Å²) in [4.78, 5) is 2.65. The summed E-state index contributed by atoms with van der Waals surface area (Å²) in [6.45, 7) is 7.41. The maximum Gasteiger partial charge on any atom is 0.0678 e. The van der Waals surface area contributed by atoms with Crippen LogP contribution in [0.3, 0.4) is 0 Å². The van der Waals surface area contributed by atoms with Crippen molar-refractivity contribution in [1.82, 2.24) is 4.90 Å². The van der Waals surface area contributed by atoms with Gasteiger partial charge in [0, 0.05) is 19.1 Å². The molecule has 3 nitrogen and oxygen atoms in total. The predicted molar refractivity (Wildman–Crippen MR) is 71.0 cm³/mol. The van der Waals surface area contributed by atoms with Gasteiger partial charge in [-0.2, -0.15) is 0 Å². The Morgan fingerprint density at radius 3 is 2.35 bits per heavy atom. The molecule has 0 aromatic heterocycles. The Hall–Kier alpha value is -0.120. The molecule has 0 radical (unpaired) electrons. The highest BCUT2D eigenvalue weighted by atomic mass is 16.5. The Bertz CT molecular complexity index is 224. The second-order valence-corrected chi connectivity index (χ2v) is 5.91. The zero-order valence-corrected chi connectivity index (χ0v) is 11.4. The molecule has 0 amide bonds. The smallest absolute Gasteiger partial charge is 0.0678 e. The van der Waals surface area contributed by atoms with E-state index in [2.05, 4.69) is 18.7 Å². The lowest BCUT2D eigenvalue weighted by atomic mass is 9.92. The second-order valence-electron chi connectivity index (χ2n) is 5.91. The van der Waals surface area contributed by atoms with Gasteiger partial charge < -0.3 is 10.5 Å². The molecule has 0 aromatic carbocycles. The van der Waals surface area contributed by atoms with Crippen molar-refractivity contribution in [3.63, 3.8) is 0 Å². The normalized spacial score (nSPS) is 41.1. The summed E-state index contributed by atoms with van der Waals surface area (Å²) in [5.41, 5.74) is 5.98. The van der Waals surface area contributed by atoms with Gasteiger partial charge in [0.1, 0.15) is 0 Å². The van der Waals surface area contributed by atoms with Crippen molar-refractivity contribution in [3.05, 3.63) is 0 Å². The largest absolute Gasteiger partial charge is 0.373 e. The van der Waals surface area contributed by atoms with Crippen LogP contribution in [0, 0.1) is 5.92 Å². The number of nitrogens with zero attached hydrogens (tertiary/aromatic N) is 1. The van der Waals surface area contributed by atoms with Gasteiger partial charge in [0.25, 0.3) is 0 Å². The van der Waals surface area contributed by atoms with Gasteiger partial charge in [-0.25, -0.2) is 0 Å². The van der Waals surface area contributed by atoms with Crippen LogP contribution in [0.5, 0.6) is 0 Å². The van der Waals surface area contributed by atoms with Crippen LogP contribution in [0.1, 0.15) is 46.0 Å². The molecule has 4 unspecified atom stereocenters. The van der Waals surface area contributed by atoms with E-state index in [9.17, 15) is 0 Å². The number of rotatable bonds is 2. The topological polar surface area (TPSA) is 38.5 Å². The molecule has 1 saturated carbocycles. The van der Waals surface area contributed by atoms with E-state index in [1.165, 1.54) is 32.1 Å². The zero-order valence-electron chi connectivity index (χ0n) is 11.4. The quantitative estimate of drug-likeness (QED) is 0.750. The fraction of sp³-hybridized carbons (Fsp3) is 1.00. The molecule has 2 N–H and O–H groups in total. The molecule has 0 aromatic rings. The van der Waals surface area contributed by atoms with E-state index in [0.29, 0.717) is 24.2 Å². The predicted octanol–water partition coefficient (Wildman–Crippen LogP) is 2.00. The van der Waals surface area contributed by atoms with Crippen LogP contribution in [-0.2, 0) is 4.74 Å². The van der Waals surface area contributed by atoms with E-state index in [1.54, 1.807) is 0 Å². The first-order valence-corrected chi connectivity index (χ1v) is 7.30. The minimum absolute atomic E-state index is 0.375. The second kappa shape index (κ2) is 6.17. The van der Waals surface area contributed by atoms with Gasteiger partial charge in [-0.15, -0.1) is 0 Å². The summed E-state index contributed by atoms with van der Waals surface area (Å²) in [5, 5.41) is 0. The van der Waals surface area contributed by atoms with Crippen molar-refractivity contribution >= 4 is 0 Å². The minimum atomic E-state index is 0.375. The van der Waals surface area contributed by atoms with Gasteiger partial charge in [-0.1, -0.05) is 19.3 Å². The molecule has 2 rings (SSSR count). The van der Waals surface area contributed by atoms with Crippen LogP contribution in [0.25, 0.3) is 0 Å². The SMILES string of the molecule is CC1CN(C2CCCCCC2CN)CC(C)O1. The van der Waals surface area contributed by atoms with Crippen LogP contribution in [-0.4, -0.2) is 42.8 Å². The first-order valence-electron chi connectivity index (χ1n) is 7.30. The average Bonchev–Trinajstić information content (AvgIpc) is 2.52. The van der Waals surface area contributed by atoms with Crippen LogP contribution in [0.4, 0.5) is 0 Å². The summed E-state index contributed by atoms with van der Waals surface area (Å²) >= 11 is 0. The van der Waals surface area contributed by atoms with Crippen molar-refractivity contribution in [3.8, 4) is 0 Å². The highest BCUT2D eigenvalue weighted by Crippen LogP contribution is 2.28. The third kappa shape index (κ3) is 3.43. The Morgan fingerprint density at radius 1 is 1.06 bits per heavy atom. The molecule has 1 saturated heterocycles. The first-order chi connectivity index (χ1) is 8.20.